The Morgan fingerprint density at radius 2 is 2.00 bits per heavy atom. The number of nitrogens with one attached hydrogen (secondary N) is 1. The molecular weight excluding hydrogens is 306 g/mol. The molecule has 0 saturated heterocycles. The van der Waals surface area contributed by atoms with Crippen LogP contribution in [0.25, 0.3) is 0 Å². The van der Waals surface area contributed by atoms with Gasteiger partial charge < -0.3 is 10.1 Å². The molecule has 0 amide bonds. The molecule has 1 aromatic rings. The van der Waals surface area contributed by atoms with E-state index in [1.54, 1.807) is 0 Å². The third kappa shape index (κ3) is 3.96. The molecule has 104 valence electrons. The van der Waals surface area contributed by atoms with Crippen molar-refractivity contribution < 1.29 is 9.53 Å². The zero-order valence-electron chi connectivity index (χ0n) is 11.8. The van der Waals surface area contributed by atoms with Gasteiger partial charge in [-0.15, -0.1) is 0 Å². The molecule has 0 aromatic heterocycles. The highest BCUT2D eigenvalue weighted by molar-refractivity contribution is 9.10. The Kier molecular flexibility index (Phi) is 3.90. The Morgan fingerprint density at radius 1 is 1.37 bits per heavy atom. The van der Waals surface area contributed by atoms with Gasteiger partial charge in [-0.25, -0.2) is 4.79 Å². The second kappa shape index (κ2) is 5.16. The van der Waals surface area contributed by atoms with Crippen LogP contribution in [0.3, 0.4) is 0 Å². The molecule has 0 atom stereocenters. The van der Waals surface area contributed by atoms with Crippen molar-refractivity contribution in [1.29, 1.82) is 0 Å². The van der Waals surface area contributed by atoms with Gasteiger partial charge in [0.05, 0.1) is 5.56 Å². The predicted octanol–water partition coefficient (Wildman–Crippen LogP) is 4.29. The van der Waals surface area contributed by atoms with Crippen LogP contribution < -0.4 is 5.32 Å². The van der Waals surface area contributed by atoms with Crippen molar-refractivity contribution in [3.05, 3.63) is 27.7 Å². The van der Waals surface area contributed by atoms with Crippen LogP contribution >= 0.6 is 15.9 Å². The first kappa shape index (κ1) is 14.4. The van der Waals surface area contributed by atoms with E-state index in [9.17, 15) is 4.79 Å². The quantitative estimate of drug-likeness (QED) is 0.842. The molecule has 1 aromatic carbocycles. The van der Waals surface area contributed by atoms with Crippen molar-refractivity contribution in [2.75, 3.05) is 5.32 Å². The normalized spacial score (nSPS) is 15.2. The van der Waals surface area contributed by atoms with Crippen LogP contribution in [0, 0.1) is 6.92 Å². The van der Waals surface area contributed by atoms with E-state index < -0.39 is 5.60 Å². The standard InChI is InChI=1S/C15H20BrNO2/c1-9-12(16)7-10(14(18)19-15(2,3)4)8-13(9)17-11-5-6-11/h7-8,11,17H,5-6H2,1-4H3. The monoisotopic (exact) mass is 325 g/mol. The minimum Gasteiger partial charge on any atom is -0.456 e. The molecule has 0 bridgehead atoms. The van der Waals surface area contributed by atoms with Crippen LogP contribution in [0.4, 0.5) is 5.69 Å². The van der Waals surface area contributed by atoms with Gasteiger partial charge in [0.1, 0.15) is 5.60 Å². The van der Waals surface area contributed by atoms with Gasteiger partial charge in [0.2, 0.25) is 0 Å². The number of carbonyl (C=O) groups excluding carboxylic acids is 1. The number of esters is 1. The molecule has 0 unspecified atom stereocenters. The lowest BCUT2D eigenvalue weighted by atomic mass is 10.1. The fourth-order valence-corrected chi connectivity index (χ4v) is 2.19. The molecule has 1 saturated carbocycles. The number of carbonyl (C=O) groups is 1. The lowest BCUT2D eigenvalue weighted by Crippen LogP contribution is -2.24. The van der Waals surface area contributed by atoms with Gasteiger partial charge in [-0.3, -0.25) is 0 Å². The molecule has 2 rings (SSSR count). The van der Waals surface area contributed by atoms with Crippen LogP contribution in [0.2, 0.25) is 0 Å². The average molecular weight is 326 g/mol. The summed E-state index contributed by atoms with van der Waals surface area (Å²) >= 11 is 3.51. The summed E-state index contributed by atoms with van der Waals surface area (Å²) in [5.41, 5.74) is 2.24. The zero-order valence-corrected chi connectivity index (χ0v) is 13.4. The van der Waals surface area contributed by atoms with Crippen molar-refractivity contribution in [2.45, 2.75) is 52.2 Å². The third-order valence-corrected chi connectivity index (χ3v) is 3.74. The Morgan fingerprint density at radius 3 is 2.53 bits per heavy atom. The molecule has 0 aliphatic heterocycles. The Hall–Kier alpha value is -1.03. The SMILES string of the molecule is Cc1c(Br)cc(C(=O)OC(C)(C)C)cc1NC1CC1. The molecule has 19 heavy (non-hydrogen) atoms. The summed E-state index contributed by atoms with van der Waals surface area (Å²) in [5, 5.41) is 3.45. The molecule has 3 nitrogen and oxygen atoms in total. The summed E-state index contributed by atoms with van der Waals surface area (Å²) in [7, 11) is 0. The van der Waals surface area contributed by atoms with Crippen LogP contribution in [0.15, 0.2) is 16.6 Å². The number of halogens is 1. The molecule has 1 N–H and O–H groups in total. The summed E-state index contributed by atoms with van der Waals surface area (Å²) in [6, 6.07) is 4.26. The van der Waals surface area contributed by atoms with E-state index in [-0.39, 0.29) is 5.97 Å². The third-order valence-electron chi connectivity index (χ3n) is 2.92. The molecule has 1 aliphatic rings. The van der Waals surface area contributed by atoms with Crippen molar-refractivity contribution in [2.24, 2.45) is 0 Å². The van der Waals surface area contributed by atoms with Gasteiger partial charge in [0.25, 0.3) is 0 Å². The molecule has 0 radical (unpaired) electrons. The first-order valence-corrected chi connectivity index (χ1v) is 7.35. The Bertz CT molecular complexity index is 502. The minimum atomic E-state index is -0.474. The zero-order chi connectivity index (χ0) is 14.2. The molecule has 1 fully saturated rings. The van der Waals surface area contributed by atoms with Gasteiger partial charge in [-0.1, -0.05) is 15.9 Å². The maximum atomic E-state index is 12.1. The van der Waals surface area contributed by atoms with E-state index in [0.29, 0.717) is 11.6 Å². The highest BCUT2D eigenvalue weighted by Gasteiger charge is 2.24. The fraction of sp³-hybridized carbons (Fsp3) is 0.533. The summed E-state index contributed by atoms with van der Waals surface area (Å²) in [5.74, 6) is -0.285. The van der Waals surface area contributed by atoms with Crippen molar-refractivity contribution in [3.63, 3.8) is 0 Å². The highest BCUT2D eigenvalue weighted by Crippen LogP contribution is 2.31. The molecular formula is C15H20BrNO2. The van der Waals surface area contributed by atoms with Gasteiger partial charge in [-0.2, -0.15) is 0 Å². The van der Waals surface area contributed by atoms with Crippen molar-refractivity contribution >= 4 is 27.6 Å². The Labute approximate surface area is 122 Å². The number of hydrogen-bond donors (Lipinski definition) is 1. The van der Waals surface area contributed by atoms with Gasteiger partial charge in [0, 0.05) is 16.2 Å². The number of benzene rings is 1. The van der Waals surface area contributed by atoms with Crippen LogP contribution in [0.1, 0.15) is 49.5 Å². The van der Waals surface area contributed by atoms with Crippen LogP contribution in [0.5, 0.6) is 0 Å². The van der Waals surface area contributed by atoms with Crippen LogP contribution in [-0.4, -0.2) is 17.6 Å². The van der Waals surface area contributed by atoms with E-state index in [1.165, 1.54) is 12.8 Å². The highest BCUT2D eigenvalue weighted by atomic mass is 79.9. The van der Waals surface area contributed by atoms with Gasteiger partial charge in [0.15, 0.2) is 0 Å². The molecule has 0 heterocycles. The summed E-state index contributed by atoms with van der Waals surface area (Å²) in [6.07, 6.45) is 2.40. The number of anilines is 1. The van der Waals surface area contributed by atoms with Gasteiger partial charge >= 0.3 is 5.97 Å². The van der Waals surface area contributed by atoms with Crippen molar-refractivity contribution in [1.82, 2.24) is 0 Å². The second-order valence-corrected chi connectivity index (χ2v) is 6.91. The van der Waals surface area contributed by atoms with E-state index >= 15 is 0 Å². The largest absolute Gasteiger partial charge is 0.456 e. The predicted molar refractivity (Wildman–Crippen MR) is 80.7 cm³/mol. The van der Waals surface area contributed by atoms with E-state index in [2.05, 4.69) is 21.2 Å². The van der Waals surface area contributed by atoms with E-state index in [4.69, 9.17) is 4.74 Å². The lowest BCUT2D eigenvalue weighted by Gasteiger charge is -2.20. The fourth-order valence-electron chi connectivity index (χ4n) is 1.73. The Balaban J connectivity index is 2.25. The summed E-state index contributed by atoms with van der Waals surface area (Å²) < 4.78 is 6.34. The average Bonchev–Trinajstić information content (AvgIpc) is 3.05. The summed E-state index contributed by atoms with van der Waals surface area (Å²) in [6.45, 7) is 7.65. The molecule has 4 heteroatoms. The first-order chi connectivity index (χ1) is 8.76. The van der Waals surface area contributed by atoms with Crippen LogP contribution in [-0.2, 0) is 4.74 Å². The number of ether oxygens (including phenoxy) is 1. The maximum absolute atomic E-state index is 12.1. The number of hydrogen-bond acceptors (Lipinski definition) is 3. The first-order valence-electron chi connectivity index (χ1n) is 6.56. The maximum Gasteiger partial charge on any atom is 0.338 e. The topological polar surface area (TPSA) is 38.3 Å². The van der Waals surface area contributed by atoms with Gasteiger partial charge in [-0.05, 0) is 58.2 Å². The smallest absolute Gasteiger partial charge is 0.338 e. The van der Waals surface area contributed by atoms with Crippen molar-refractivity contribution in [3.8, 4) is 0 Å². The van der Waals surface area contributed by atoms with E-state index in [1.807, 2.05) is 39.8 Å². The van der Waals surface area contributed by atoms with E-state index in [0.717, 1.165) is 15.7 Å². The molecule has 1 aliphatic carbocycles. The minimum absolute atomic E-state index is 0.285. The summed E-state index contributed by atoms with van der Waals surface area (Å²) in [4.78, 5) is 12.1. The lowest BCUT2D eigenvalue weighted by molar-refractivity contribution is 0.00695. The molecule has 0 spiro atoms. The number of rotatable bonds is 3. The second-order valence-electron chi connectivity index (χ2n) is 6.05.